The highest BCUT2D eigenvalue weighted by Gasteiger charge is 2.15. The van der Waals surface area contributed by atoms with Crippen LogP contribution in [0.3, 0.4) is 0 Å². The molecule has 5 heteroatoms. The smallest absolute Gasteiger partial charge is 0.224 e. The predicted molar refractivity (Wildman–Crippen MR) is 81.0 cm³/mol. The minimum Gasteiger partial charge on any atom is -0.369 e. The van der Waals surface area contributed by atoms with Crippen LogP contribution >= 0.6 is 12.4 Å². The Hall–Kier alpha value is -1.26. The summed E-state index contributed by atoms with van der Waals surface area (Å²) in [6.45, 7) is 6.15. The Morgan fingerprint density at radius 1 is 1.16 bits per heavy atom. The molecule has 0 spiro atoms. The van der Waals surface area contributed by atoms with Gasteiger partial charge in [-0.25, -0.2) is 0 Å². The average molecular weight is 284 g/mol. The van der Waals surface area contributed by atoms with Crippen molar-refractivity contribution in [2.45, 2.75) is 12.8 Å². The Balaban J connectivity index is 0.00000180. The van der Waals surface area contributed by atoms with E-state index < -0.39 is 0 Å². The van der Waals surface area contributed by atoms with Crippen LogP contribution in [0.1, 0.15) is 18.4 Å². The molecule has 0 aliphatic carbocycles. The van der Waals surface area contributed by atoms with Crippen LogP contribution < -0.4 is 10.6 Å². The second-order valence-corrected chi connectivity index (χ2v) is 5.01. The third kappa shape index (κ3) is 3.85. The van der Waals surface area contributed by atoms with E-state index in [0.717, 1.165) is 31.7 Å². The molecule has 0 saturated carbocycles. The highest BCUT2D eigenvalue weighted by molar-refractivity contribution is 5.85. The van der Waals surface area contributed by atoms with Gasteiger partial charge in [-0.15, -0.1) is 12.4 Å². The van der Waals surface area contributed by atoms with Crippen molar-refractivity contribution in [2.75, 3.05) is 38.1 Å². The van der Waals surface area contributed by atoms with Crippen LogP contribution in [0.5, 0.6) is 0 Å². The molecule has 0 bridgehead atoms. The Bertz CT molecular complexity index is 413. The summed E-state index contributed by atoms with van der Waals surface area (Å²) in [6, 6.07) is 8.17. The minimum absolute atomic E-state index is 0. The van der Waals surface area contributed by atoms with Gasteiger partial charge in [0, 0.05) is 31.9 Å². The summed E-state index contributed by atoms with van der Waals surface area (Å²) in [6.07, 6.45) is 0. The third-order valence-electron chi connectivity index (χ3n) is 3.69. The lowest BCUT2D eigenvalue weighted by Gasteiger charge is -2.34. The molecule has 2 rings (SSSR count). The Kier molecular flexibility index (Phi) is 5.63. The van der Waals surface area contributed by atoms with E-state index in [1.807, 2.05) is 19.1 Å². The first kappa shape index (κ1) is 15.8. The van der Waals surface area contributed by atoms with Gasteiger partial charge >= 0.3 is 0 Å². The van der Waals surface area contributed by atoms with Gasteiger partial charge in [-0.1, -0.05) is 12.1 Å². The molecular weight excluding hydrogens is 262 g/mol. The molecule has 1 aromatic rings. The second kappa shape index (κ2) is 6.78. The van der Waals surface area contributed by atoms with Crippen LogP contribution in [0.25, 0.3) is 0 Å². The average Bonchev–Trinajstić information content (AvgIpc) is 2.39. The fraction of sp³-hybridized carbons (Fsp3) is 0.500. The number of hydrogen-bond donors (Lipinski definition) is 1. The van der Waals surface area contributed by atoms with Crippen molar-refractivity contribution in [2.24, 2.45) is 5.73 Å². The van der Waals surface area contributed by atoms with Crippen molar-refractivity contribution < 1.29 is 4.79 Å². The zero-order valence-electron chi connectivity index (χ0n) is 11.5. The van der Waals surface area contributed by atoms with Gasteiger partial charge in [-0.2, -0.15) is 0 Å². The van der Waals surface area contributed by atoms with E-state index in [1.54, 1.807) is 0 Å². The molecule has 1 amide bonds. The maximum atomic E-state index is 11.1. The summed E-state index contributed by atoms with van der Waals surface area (Å²) < 4.78 is 0. The number of benzene rings is 1. The first-order valence-corrected chi connectivity index (χ1v) is 6.40. The van der Waals surface area contributed by atoms with Gasteiger partial charge in [0.15, 0.2) is 0 Å². The molecule has 2 N–H and O–H groups in total. The molecular formula is C14H22ClN3O. The number of nitrogens with zero attached hydrogens (tertiary/aromatic N) is 2. The van der Waals surface area contributed by atoms with E-state index in [2.05, 4.69) is 29.0 Å². The fourth-order valence-corrected chi connectivity index (χ4v) is 2.20. The summed E-state index contributed by atoms with van der Waals surface area (Å²) in [4.78, 5) is 15.8. The van der Waals surface area contributed by atoms with Gasteiger partial charge in [0.25, 0.3) is 0 Å². The zero-order chi connectivity index (χ0) is 13.1. The number of rotatable bonds is 3. The summed E-state index contributed by atoms with van der Waals surface area (Å²) in [7, 11) is 2.15. The molecule has 4 nitrogen and oxygen atoms in total. The molecule has 106 valence electrons. The molecule has 1 fully saturated rings. The topological polar surface area (TPSA) is 49.6 Å². The Morgan fingerprint density at radius 2 is 1.68 bits per heavy atom. The summed E-state index contributed by atoms with van der Waals surface area (Å²) in [5.74, 6) is -0.492. The second-order valence-electron chi connectivity index (χ2n) is 5.01. The number of anilines is 1. The molecule has 1 aromatic carbocycles. The molecule has 1 heterocycles. The van der Waals surface area contributed by atoms with E-state index in [0.29, 0.717) is 0 Å². The van der Waals surface area contributed by atoms with Crippen LogP contribution in [-0.4, -0.2) is 44.0 Å². The maximum Gasteiger partial charge on any atom is 0.224 e. The van der Waals surface area contributed by atoms with Crippen LogP contribution in [0, 0.1) is 0 Å². The lowest BCUT2D eigenvalue weighted by atomic mass is 10.0. The summed E-state index contributed by atoms with van der Waals surface area (Å²) in [5.41, 5.74) is 7.52. The predicted octanol–water partition coefficient (Wildman–Crippen LogP) is 1.45. The molecule has 1 unspecified atom stereocenters. The highest BCUT2D eigenvalue weighted by Crippen LogP contribution is 2.21. The van der Waals surface area contributed by atoms with Crippen molar-refractivity contribution in [1.29, 1.82) is 0 Å². The summed E-state index contributed by atoms with van der Waals surface area (Å²) >= 11 is 0. The molecule has 0 radical (unpaired) electrons. The van der Waals surface area contributed by atoms with E-state index in [4.69, 9.17) is 5.73 Å². The first-order valence-electron chi connectivity index (χ1n) is 6.40. The number of piperazine rings is 1. The zero-order valence-corrected chi connectivity index (χ0v) is 12.3. The number of carbonyl (C=O) groups is 1. The standard InChI is InChI=1S/C14H21N3O.ClH/c1-11(14(15)18)12-3-5-13(6-4-12)17-9-7-16(2)8-10-17;/h3-6,11H,7-10H2,1-2H3,(H2,15,18);1H. The number of carbonyl (C=O) groups excluding carboxylic acids is 1. The van der Waals surface area contributed by atoms with E-state index >= 15 is 0 Å². The van der Waals surface area contributed by atoms with Crippen molar-refractivity contribution in [3.8, 4) is 0 Å². The van der Waals surface area contributed by atoms with Gasteiger partial charge in [0.2, 0.25) is 5.91 Å². The van der Waals surface area contributed by atoms with Crippen molar-refractivity contribution >= 4 is 24.0 Å². The van der Waals surface area contributed by atoms with Crippen LogP contribution in [0.15, 0.2) is 24.3 Å². The van der Waals surface area contributed by atoms with E-state index in [1.165, 1.54) is 5.69 Å². The number of likely N-dealkylation sites (N-methyl/N-ethyl adjacent to an activating group) is 1. The third-order valence-corrected chi connectivity index (χ3v) is 3.69. The van der Waals surface area contributed by atoms with Crippen LogP contribution in [-0.2, 0) is 4.79 Å². The van der Waals surface area contributed by atoms with Crippen LogP contribution in [0.4, 0.5) is 5.69 Å². The molecule has 1 atom stereocenters. The van der Waals surface area contributed by atoms with Gasteiger partial charge in [-0.05, 0) is 31.7 Å². The van der Waals surface area contributed by atoms with Crippen molar-refractivity contribution in [3.05, 3.63) is 29.8 Å². The van der Waals surface area contributed by atoms with Crippen molar-refractivity contribution in [3.63, 3.8) is 0 Å². The maximum absolute atomic E-state index is 11.1. The number of halogens is 1. The van der Waals surface area contributed by atoms with Gasteiger partial charge in [0.1, 0.15) is 0 Å². The lowest BCUT2D eigenvalue weighted by Crippen LogP contribution is -2.44. The largest absolute Gasteiger partial charge is 0.369 e. The van der Waals surface area contributed by atoms with E-state index in [-0.39, 0.29) is 24.2 Å². The monoisotopic (exact) mass is 283 g/mol. The van der Waals surface area contributed by atoms with Crippen molar-refractivity contribution in [1.82, 2.24) is 4.90 Å². The summed E-state index contributed by atoms with van der Waals surface area (Å²) in [5, 5.41) is 0. The van der Waals surface area contributed by atoms with Gasteiger partial charge in [0.05, 0.1) is 5.92 Å². The number of primary amides is 1. The number of amides is 1. The first-order chi connectivity index (χ1) is 8.58. The Labute approximate surface area is 121 Å². The highest BCUT2D eigenvalue weighted by atomic mass is 35.5. The van der Waals surface area contributed by atoms with Gasteiger partial charge in [-0.3, -0.25) is 4.79 Å². The van der Waals surface area contributed by atoms with E-state index in [9.17, 15) is 4.79 Å². The molecule has 19 heavy (non-hydrogen) atoms. The molecule has 1 aliphatic heterocycles. The minimum atomic E-state index is -0.276. The quantitative estimate of drug-likeness (QED) is 0.913. The fourth-order valence-electron chi connectivity index (χ4n) is 2.20. The van der Waals surface area contributed by atoms with Gasteiger partial charge < -0.3 is 15.5 Å². The molecule has 0 aromatic heterocycles. The van der Waals surface area contributed by atoms with Crippen LogP contribution in [0.2, 0.25) is 0 Å². The normalized spacial score (nSPS) is 17.7. The molecule has 1 saturated heterocycles. The number of nitrogens with two attached hydrogens (primary N) is 1. The Morgan fingerprint density at radius 3 is 2.16 bits per heavy atom. The number of hydrogen-bond acceptors (Lipinski definition) is 3. The lowest BCUT2D eigenvalue weighted by molar-refractivity contribution is -0.119. The molecule has 1 aliphatic rings. The SMILES string of the molecule is CC(C(N)=O)c1ccc(N2CCN(C)CC2)cc1.Cl.